The van der Waals surface area contributed by atoms with Crippen LogP contribution in [0.1, 0.15) is 132 Å². The molecule has 4 atom stereocenters. The highest BCUT2D eigenvalue weighted by Gasteiger charge is 2.34. The van der Waals surface area contributed by atoms with E-state index in [0.29, 0.717) is 105 Å². The third kappa shape index (κ3) is 14.4. The molecule has 0 saturated carbocycles. The number of hydrogen-bond acceptors (Lipinski definition) is 23. The standard InChI is InChI=1S/C54H56N14O9S6/c1-25(2)40-54-68-43(35(83-54)20-76-6)47(74)57-19-39(72)65-44(45(77-27(4)69)28-12-8-7-9-13-28)53-62-34(23-80-53)51-60-32(21-79-51)42-29(15-16-30(58-42)50-64-36(24-81-50)63-37(70)14-10-11-17-55)49-61-33(22-78-49)46(73)59-31(18-38(71)56-5)52-67-41(26(3)82-52)48(75)66-40/h7-9,12-13,15-16,21-25,31,40,44-45H,10-11,14,17-20,55H2,1-6H3,(H,56,71)(H,57,74)(H,59,73)(H,63,70)(H,65,72)(H,66,75)/t31-,40+,44-,45-/m0/s1. The van der Waals surface area contributed by atoms with E-state index in [2.05, 4.69) is 36.9 Å². The van der Waals surface area contributed by atoms with Gasteiger partial charge in [0, 0.05) is 59.5 Å². The fraction of sp³-hybridized carbons (Fsp3) is 0.333. The minimum atomic E-state index is -1.07. The second-order valence-electron chi connectivity index (χ2n) is 19.1. The monoisotopic (exact) mass is 1240 g/mol. The molecule has 0 spiro atoms. The van der Waals surface area contributed by atoms with Gasteiger partial charge in [-0.05, 0) is 49.9 Å². The number of nitrogens with zero attached hydrogens (tertiary/aromatic N) is 7. The maximum absolute atomic E-state index is 14.3. The number of carbonyl (C=O) groups excluding carboxylic acids is 7. The Kier molecular flexibility index (Phi) is 19.6. The first-order chi connectivity index (χ1) is 40.0. The Morgan fingerprint density at radius 1 is 0.699 bits per heavy atom. The zero-order valence-electron chi connectivity index (χ0n) is 45.5. The molecule has 10 bridgehead atoms. The van der Waals surface area contributed by atoms with Gasteiger partial charge in [-0.1, -0.05) is 44.2 Å². The summed E-state index contributed by atoms with van der Waals surface area (Å²) in [5.74, 6) is -3.59. The molecular weight excluding hydrogens is 1180 g/mol. The predicted octanol–water partition coefficient (Wildman–Crippen LogP) is 7.95. The van der Waals surface area contributed by atoms with Gasteiger partial charge in [0.2, 0.25) is 17.7 Å². The number of carbonyl (C=O) groups is 7. The van der Waals surface area contributed by atoms with Crippen LogP contribution in [0.25, 0.3) is 43.4 Å². The van der Waals surface area contributed by atoms with Gasteiger partial charge < -0.3 is 47.1 Å². The van der Waals surface area contributed by atoms with Gasteiger partial charge in [-0.25, -0.2) is 34.9 Å². The van der Waals surface area contributed by atoms with Crippen LogP contribution in [-0.2, 0) is 35.3 Å². The zero-order chi connectivity index (χ0) is 58.9. The van der Waals surface area contributed by atoms with Crippen molar-refractivity contribution in [1.29, 1.82) is 0 Å². The number of anilines is 1. The van der Waals surface area contributed by atoms with Crippen molar-refractivity contribution in [3.05, 3.63) is 111 Å². The highest BCUT2D eigenvalue weighted by atomic mass is 32.1. The van der Waals surface area contributed by atoms with Crippen molar-refractivity contribution in [2.24, 2.45) is 11.7 Å². The molecule has 0 saturated heterocycles. The Balaban J connectivity index is 1.14. The number of unbranched alkanes of at least 4 members (excludes halogenated alkanes) is 1. The quantitative estimate of drug-likeness (QED) is 0.0401. The number of fused-ring (bicyclic) bond motifs is 14. The summed E-state index contributed by atoms with van der Waals surface area (Å²) in [6.45, 7) is 6.69. The number of thiazole rings is 6. The number of nitrogens with two attached hydrogens (primary N) is 1. The molecule has 0 unspecified atom stereocenters. The Morgan fingerprint density at radius 3 is 2.17 bits per heavy atom. The van der Waals surface area contributed by atoms with Gasteiger partial charge in [0.05, 0.1) is 42.2 Å². The summed E-state index contributed by atoms with van der Waals surface area (Å²) in [6.07, 6.45) is 0.359. The number of benzene rings is 1. The molecule has 8 heterocycles. The molecule has 9 rings (SSSR count). The number of methoxy groups -OCH3 is 1. The third-order valence-corrected chi connectivity index (χ3v) is 18.4. The number of nitrogens with one attached hydrogen (secondary N) is 6. The molecule has 1 aliphatic rings. The van der Waals surface area contributed by atoms with Gasteiger partial charge in [0.15, 0.2) is 6.10 Å². The molecular formula is C54H56N14O9S6. The van der Waals surface area contributed by atoms with Crippen LogP contribution in [0, 0.1) is 12.8 Å². The molecule has 6 amide bonds. The zero-order valence-corrected chi connectivity index (χ0v) is 50.4. The van der Waals surface area contributed by atoms with E-state index in [1.165, 1.54) is 77.8 Å². The number of pyridine rings is 1. The van der Waals surface area contributed by atoms with Crippen LogP contribution in [0.4, 0.5) is 5.82 Å². The topological polar surface area (TPSA) is 326 Å². The first kappa shape index (κ1) is 60.0. The van der Waals surface area contributed by atoms with Crippen molar-refractivity contribution < 1.29 is 43.0 Å². The molecule has 7 aromatic heterocycles. The van der Waals surface area contributed by atoms with Crippen LogP contribution in [-0.4, -0.2) is 104 Å². The fourth-order valence-electron chi connectivity index (χ4n) is 8.58. The van der Waals surface area contributed by atoms with Crippen molar-refractivity contribution in [3.8, 4) is 43.4 Å². The minimum Gasteiger partial charge on any atom is -0.455 e. The van der Waals surface area contributed by atoms with Crippen molar-refractivity contribution in [2.45, 2.75) is 84.2 Å². The van der Waals surface area contributed by atoms with E-state index < -0.39 is 66.3 Å². The molecule has 8 N–H and O–H groups in total. The first-order valence-electron chi connectivity index (χ1n) is 25.9. The third-order valence-electron chi connectivity index (χ3n) is 12.6. The van der Waals surface area contributed by atoms with E-state index in [1.54, 1.807) is 70.9 Å². The Hall–Kier alpha value is -7.64. The average molecular weight is 1240 g/mol. The van der Waals surface area contributed by atoms with Crippen LogP contribution in [0.2, 0.25) is 0 Å². The van der Waals surface area contributed by atoms with Crippen LogP contribution in [0.15, 0.2) is 64.0 Å². The van der Waals surface area contributed by atoms with E-state index in [1.807, 2.05) is 13.8 Å². The van der Waals surface area contributed by atoms with Crippen LogP contribution >= 0.6 is 68.0 Å². The number of hydrogen-bond donors (Lipinski definition) is 7. The predicted molar refractivity (Wildman–Crippen MR) is 318 cm³/mol. The Bertz CT molecular complexity index is 3680. The molecule has 1 aliphatic heterocycles. The molecule has 0 aliphatic carbocycles. The smallest absolute Gasteiger partial charge is 0.303 e. The largest absolute Gasteiger partial charge is 0.455 e. The lowest BCUT2D eigenvalue weighted by molar-refractivity contribution is -0.149. The molecule has 83 heavy (non-hydrogen) atoms. The van der Waals surface area contributed by atoms with Crippen molar-refractivity contribution in [1.82, 2.24) is 61.5 Å². The first-order valence-corrected chi connectivity index (χ1v) is 31.1. The number of ether oxygens (including phenoxy) is 2. The molecule has 8 aromatic rings. The Morgan fingerprint density at radius 2 is 1.42 bits per heavy atom. The summed E-state index contributed by atoms with van der Waals surface area (Å²) in [7, 11) is 2.94. The van der Waals surface area contributed by atoms with E-state index in [4.69, 9.17) is 45.1 Å². The van der Waals surface area contributed by atoms with Crippen LogP contribution in [0.3, 0.4) is 0 Å². The van der Waals surface area contributed by atoms with Gasteiger partial charge in [0.25, 0.3) is 17.7 Å². The number of aromatic nitrogens is 7. The number of esters is 1. The minimum absolute atomic E-state index is 0.00695. The Labute approximate surface area is 499 Å². The summed E-state index contributed by atoms with van der Waals surface area (Å²) in [5, 5.41) is 26.4. The summed E-state index contributed by atoms with van der Waals surface area (Å²) in [6, 6.07) is 9.66. The lowest BCUT2D eigenvalue weighted by Crippen LogP contribution is -2.41. The van der Waals surface area contributed by atoms with E-state index >= 15 is 0 Å². The second-order valence-corrected chi connectivity index (χ2v) is 24.9. The van der Waals surface area contributed by atoms with Gasteiger partial charge in [-0.3, -0.25) is 33.6 Å². The van der Waals surface area contributed by atoms with Crippen LogP contribution < -0.4 is 37.6 Å². The van der Waals surface area contributed by atoms with Crippen molar-refractivity contribution in [2.75, 3.05) is 32.6 Å². The van der Waals surface area contributed by atoms with Gasteiger partial charge in [-0.15, -0.1) is 68.0 Å². The summed E-state index contributed by atoms with van der Waals surface area (Å²) >= 11 is 7.24. The highest BCUT2D eigenvalue weighted by molar-refractivity contribution is 7.15. The maximum atomic E-state index is 14.3. The van der Waals surface area contributed by atoms with Gasteiger partial charge in [-0.2, -0.15) is 0 Å². The lowest BCUT2D eigenvalue weighted by Gasteiger charge is -2.26. The molecule has 23 nitrogen and oxygen atoms in total. The fourth-order valence-corrected chi connectivity index (χ4v) is 14.1. The molecule has 29 heteroatoms. The van der Waals surface area contributed by atoms with Crippen LogP contribution in [0.5, 0.6) is 0 Å². The number of aryl methyl sites for hydroxylation is 1. The van der Waals surface area contributed by atoms with E-state index in [0.717, 1.165) is 11.3 Å². The summed E-state index contributed by atoms with van der Waals surface area (Å²) in [4.78, 5) is 130. The van der Waals surface area contributed by atoms with Gasteiger partial charge >= 0.3 is 5.97 Å². The number of amides is 6. The SMILES string of the molecule is CNC(=O)C[C@@H]1NC(=O)c2csc(n2)-c2ccc(-c3nc(NC(=O)CCCCN)cs3)nc2-c2csc(n2)-c2csc(n2)[C@H]([C@@H](OC(C)=O)c2ccccc2)NC(=O)CNC(=O)c2nc(sc2COC)[C@@H](C(C)C)NC(=O)c2nc1sc2C. The molecule has 1 aromatic carbocycles. The highest BCUT2D eigenvalue weighted by Crippen LogP contribution is 2.41. The lowest BCUT2D eigenvalue weighted by atomic mass is 10.0. The summed E-state index contributed by atoms with van der Waals surface area (Å²) < 4.78 is 11.4. The van der Waals surface area contributed by atoms with Crippen molar-refractivity contribution >= 4 is 115 Å². The average Bonchev–Trinajstić information content (AvgIpc) is 4.52. The summed E-state index contributed by atoms with van der Waals surface area (Å²) in [5.41, 5.74) is 8.47. The maximum Gasteiger partial charge on any atom is 0.303 e. The van der Waals surface area contributed by atoms with Gasteiger partial charge in [0.1, 0.15) is 76.1 Å². The molecule has 0 fully saturated rings. The molecule has 432 valence electrons. The molecule has 0 radical (unpaired) electrons. The second kappa shape index (κ2) is 27.2. The normalized spacial score (nSPS) is 16.3. The van der Waals surface area contributed by atoms with Crippen molar-refractivity contribution in [3.63, 3.8) is 0 Å². The number of rotatable bonds is 14. The van der Waals surface area contributed by atoms with E-state index in [9.17, 15) is 33.6 Å². The van der Waals surface area contributed by atoms with E-state index in [-0.39, 0.29) is 41.9 Å².